The molecule has 0 aliphatic heterocycles. The van der Waals surface area contributed by atoms with Crippen LogP contribution in [0.5, 0.6) is 0 Å². The smallest absolute Gasteiger partial charge is 0.140 e. The first kappa shape index (κ1) is 18.5. The molecule has 0 fully saturated rings. The fraction of sp³-hybridized carbons (Fsp3) is 0.0312. The van der Waals surface area contributed by atoms with E-state index in [2.05, 4.69) is 107 Å². The highest BCUT2D eigenvalue weighted by Crippen LogP contribution is 2.43. The Morgan fingerprint density at radius 3 is 2.28 bits per heavy atom. The van der Waals surface area contributed by atoms with E-state index in [9.17, 15) is 0 Å². The van der Waals surface area contributed by atoms with Crippen LogP contribution >= 0.6 is 0 Å². The number of rotatable bonds is 1. The first-order valence-electron chi connectivity index (χ1n) is 12.2. The van der Waals surface area contributed by atoms with Gasteiger partial charge in [-0.05, 0) is 30.3 Å². The monoisotopic (exact) mass is 461 g/mol. The lowest BCUT2D eigenvalue weighted by Crippen LogP contribution is -1.92. The molecule has 0 saturated heterocycles. The number of aryl methyl sites for hydroxylation is 1. The molecule has 9 rings (SSSR count). The van der Waals surface area contributed by atoms with Gasteiger partial charge in [-0.3, -0.25) is 0 Å². The Morgan fingerprint density at radius 1 is 0.611 bits per heavy atom. The summed E-state index contributed by atoms with van der Waals surface area (Å²) in [5, 5.41) is 7.31. The van der Waals surface area contributed by atoms with Crippen LogP contribution in [-0.4, -0.2) is 14.0 Å². The summed E-state index contributed by atoms with van der Waals surface area (Å²) in [5.41, 5.74) is 8.71. The predicted molar refractivity (Wildman–Crippen MR) is 148 cm³/mol. The molecule has 5 aromatic carbocycles. The fourth-order valence-electron chi connectivity index (χ4n) is 6.33. The van der Waals surface area contributed by atoms with E-state index in [1.807, 2.05) is 6.07 Å². The number of fused-ring (bicyclic) bond motifs is 11. The number of nitrogens with zero attached hydrogens (tertiary/aromatic N) is 3. The van der Waals surface area contributed by atoms with Gasteiger partial charge in [-0.25, -0.2) is 4.98 Å². The van der Waals surface area contributed by atoms with E-state index >= 15 is 0 Å². The predicted octanol–water partition coefficient (Wildman–Crippen LogP) is 8.29. The average molecular weight is 462 g/mol. The number of hydrogen-bond acceptors (Lipinski definition) is 2. The Morgan fingerprint density at radius 2 is 1.39 bits per heavy atom. The molecule has 0 aliphatic rings. The topological polar surface area (TPSA) is 35.4 Å². The maximum Gasteiger partial charge on any atom is 0.140 e. The highest BCUT2D eigenvalue weighted by molar-refractivity contribution is 6.27. The van der Waals surface area contributed by atoms with Gasteiger partial charge in [-0.15, -0.1) is 0 Å². The number of benzene rings is 5. The van der Waals surface area contributed by atoms with Gasteiger partial charge in [0.05, 0.1) is 33.0 Å². The minimum absolute atomic E-state index is 0.889. The standard InChI is InChI=1S/C32H19N3O/c1-34-31-24(33-32(34)18-8-3-2-4-9-18)14-15-27-29(31)23-16-26-22(17-28(23)36-27)21-12-7-11-20-19-10-5-6-13-25(19)35(26)30(20)21/h2-17H,1H3. The molecule has 0 atom stereocenters. The highest BCUT2D eigenvalue weighted by Gasteiger charge is 2.21. The Hall–Kier alpha value is -4.83. The maximum absolute atomic E-state index is 6.46. The Labute approximate surface area is 204 Å². The van der Waals surface area contributed by atoms with E-state index in [1.165, 1.54) is 38.1 Å². The summed E-state index contributed by atoms with van der Waals surface area (Å²) in [6.07, 6.45) is 0. The number of para-hydroxylation sites is 2. The third-order valence-electron chi connectivity index (χ3n) is 7.84. The SMILES string of the molecule is Cn1c(-c2ccccc2)nc2ccc3oc4cc5c6cccc7c8ccccc8n(c5cc4c3c21)c76. The molecule has 168 valence electrons. The van der Waals surface area contributed by atoms with Crippen molar-refractivity contribution < 1.29 is 4.42 Å². The maximum atomic E-state index is 6.46. The zero-order valence-electron chi connectivity index (χ0n) is 19.5. The van der Waals surface area contributed by atoms with E-state index in [0.29, 0.717) is 0 Å². The second kappa shape index (κ2) is 6.23. The molecule has 0 spiro atoms. The van der Waals surface area contributed by atoms with E-state index in [-0.39, 0.29) is 0 Å². The summed E-state index contributed by atoms with van der Waals surface area (Å²) >= 11 is 0. The zero-order valence-corrected chi connectivity index (χ0v) is 19.5. The van der Waals surface area contributed by atoms with Crippen LogP contribution < -0.4 is 0 Å². The van der Waals surface area contributed by atoms with Crippen LogP contribution in [0, 0.1) is 0 Å². The molecule has 0 radical (unpaired) electrons. The Balaban J connectivity index is 1.48. The third-order valence-corrected chi connectivity index (χ3v) is 7.84. The van der Waals surface area contributed by atoms with Gasteiger partial charge in [0.15, 0.2) is 0 Å². The number of furan rings is 1. The van der Waals surface area contributed by atoms with E-state index in [4.69, 9.17) is 9.40 Å². The van der Waals surface area contributed by atoms with Crippen molar-refractivity contribution >= 4 is 71.1 Å². The van der Waals surface area contributed by atoms with Gasteiger partial charge in [-0.2, -0.15) is 0 Å². The molecule has 4 heterocycles. The molecule has 0 saturated carbocycles. The molecular formula is C32H19N3O. The summed E-state index contributed by atoms with van der Waals surface area (Å²) in [5.74, 6) is 0.958. The highest BCUT2D eigenvalue weighted by atomic mass is 16.3. The minimum Gasteiger partial charge on any atom is -0.456 e. The average Bonchev–Trinajstić information content (AvgIpc) is 3.64. The van der Waals surface area contributed by atoms with Gasteiger partial charge in [0.2, 0.25) is 0 Å². The van der Waals surface area contributed by atoms with Gasteiger partial charge < -0.3 is 13.4 Å². The van der Waals surface area contributed by atoms with Crippen molar-refractivity contribution in [1.29, 1.82) is 0 Å². The molecular weight excluding hydrogens is 442 g/mol. The van der Waals surface area contributed by atoms with E-state index in [0.717, 1.165) is 44.4 Å². The Kier molecular flexibility index (Phi) is 3.20. The molecule has 0 bridgehead atoms. The first-order valence-corrected chi connectivity index (χ1v) is 12.2. The largest absolute Gasteiger partial charge is 0.456 e. The lowest BCUT2D eigenvalue weighted by Gasteiger charge is -2.03. The number of imidazole rings is 1. The van der Waals surface area contributed by atoms with Crippen molar-refractivity contribution in [2.75, 3.05) is 0 Å². The molecule has 36 heavy (non-hydrogen) atoms. The van der Waals surface area contributed by atoms with Crippen LogP contribution in [0.15, 0.2) is 101 Å². The third kappa shape index (κ3) is 2.09. The normalized spacial score (nSPS) is 12.6. The van der Waals surface area contributed by atoms with Crippen molar-refractivity contribution in [2.45, 2.75) is 0 Å². The van der Waals surface area contributed by atoms with Crippen molar-refractivity contribution in [1.82, 2.24) is 14.0 Å². The van der Waals surface area contributed by atoms with Gasteiger partial charge >= 0.3 is 0 Å². The van der Waals surface area contributed by atoms with Gasteiger partial charge in [-0.1, -0.05) is 66.7 Å². The molecule has 4 aromatic heterocycles. The Bertz CT molecular complexity index is 2320. The quantitative estimate of drug-likeness (QED) is 0.246. The second-order valence-electron chi connectivity index (χ2n) is 9.69. The lowest BCUT2D eigenvalue weighted by molar-refractivity contribution is 0.669. The molecule has 4 nitrogen and oxygen atoms in total. The van der Waals surface area contributed by atoms with Crippen LogP contribution in [0.4, 0.5) is 0 Å². The molecule has 0 amide bonds. The van der Waals surface area contributed by atoms with Crippen LogP contribution in [0.1, 0.15) is 0 Å². The lowest BCUT2D eigenvalue weighted by atomic mass is 10.1. The number of hydrogen-bond donors (Lipinski definition) is 0. The summed E-state index contributed by atoms with van der Waals surface area (Å²) in [6, 6.07) is 34.3. The second-order valence-corrected chi connectivity index (χ2v) is 9.69. The summed E-state index contributed by atoms with van der Waals surface area (Å²) in [7, 11) is 2.10. The first-order chi connectivity index (χ1) is 17.8. The van der Waals surface area contributed by atoms with Crippen LogP contribution in [0.2, 0.25) is 0 Å². The summed E-state index contributed by atoms with van der Waals surface area (Å²) < 4.78 is 11.1. The van der Waals surface area contributed by atoms with Gasteiger partial charge in [0, 0.05) is 39.5 Å². The summed E-state index contributed by atoms with van der Waals surface area (Å²) in [6.45, 7) is 0. The van der Waals surface area contributed by atoms with Crippen molar-refractivity contribution in [3.8, 4) is 11.4 Å². The van der Waals surface area contributed by atoms with Crippen molar-refractivity contribution in [3.63, 3.8) is 0 Å². The van der Waals surface area contributed by atoms with Gasteiger partial charge in [0.25, 0.3) is 0 Å². The molecule has 4 heteroatoms. The minimum atomic E-state index is 0.889. The van der Waals surface area contributed by atoms with Crippen LogP contribution in [-0.2, 0) is 7.05 Å². The van der Waals surface area contributed by atoms with Gasteiger partial charge in [0.1, 0.15) is 17.0 Å². The van der Waals surface area contributed by atoms with Crippen molar-refractivity contribution in [2.24, 2.45) is 7.05 Å². The molecule has 0 unspecified atom stereocenters. The number of aromatic nitrogens is 3. The molecule has 0 aliphatic carbocycles. The molecule has 0 N–H and O–H groups in total. The van der Waals surface area contributed by atoms with E-state index < -0.39 is 0 Å². The molecule has 9 aromatic rings. The van der Waals surface area contributed by atoms with Crippen LogP contribution in [0.3, 0.4) is 0 Å². The summed E-state index contributed by atoms with van der Waals surface area (Å²) in [4.78, 5) is 5.00. The van der Waals surface area contributed by atoms with E-state index in [1.54, 1.807) is 0 Å². The fourth-order valence-corrected chi connectivity index (χ4v) is 6.33. The van der Waals surface area contributed by atoms with Crippen LogP contribution in [0.25, 0.3) is 82.5 Å². The van der Waals surface area contributed by atoms with Crippen molar-refractivity contribution in [3.05, 3.63) is 97.1 Å². The zero-order chi connectivity index (χ0) is 23.5.